The average Bonchev–Trinajstić information content (AvgIpc) is 3.09. The van der Waals surface area contributed by atoms with E-state index in [1.54, 1.807) is 7.11 Å². The highest BCUT2D eigenvalue weighted by Crippen LogP contribution is 2.35. The SMILES string of the molecule is CCNC(=NCc1cc2c(cc1OCC)CC(C)O2)NCC1(OC)CCOCC1.I. The molecule has 7 nitrogen and oxygen atoms in total. The van der Waals surface area contributed by atoms with Gasteiger partial charge in [0.25, 0.3) is 0 Å². The number of hydrogen-bond acceptors (Lipinski definition) is 5. The highest BCUT2D eigenvalue weighted by molar-refractivity contribution is 14.0. The van der Waals surface area contributed by atoms with Gasteiger partial charge < -0.3 is 29.6 Å². The summed E-state index contributed by atoms with van der Waals surface area (Å²) >= 11 is 0. The number of guanidine groups is 1. The van der Waals surface area contributed by atoms with Crippen molar-refractivity contribution < 1.29 is 18.9 Å². The maximum Gasteiger partial charge on any atom is 0.191 e. The van der Waals surface area contributed by atoms with Gasteiger partial charge in [0.15, 0.2) is 5.96 Å². The van der Waals surface area contributed by atoms with E-state index < -0.39 is 0 Å². The summed E-state index contributed by atoms with van der Waals surface area (Å²) in [7, 11) is 1.77. The van der Waals surface area contributed by atoms with Gasteiger partial charge in [-0.15, -0.1) is 24.0 Å². The Balaban J connectivity index is 0.00000320. The Morgan fingerprint density at radius 3 is 2.67 bits per heavy atom. The van der Waals surface area contributed by atoms with Gasteiger partial charge in [-0.2, -0.15) is 0 Å². The Labute approximate surface area is 197 Å². The smallest absolute Gasteiger partial charge is 0.191 e. The molecule has 0 amide bonds. The van der Waals surface area contributed by atoms with E-state index in [4.69, 9.17) is 23.9 Å². The van der Waals surface area contributed by atoms with E-state index >= 15 is 0 Å². The van der Waals surface area contributed by atoms with Crippen LogP contribution in [0, 0.1) is 0 Å². The minimum Gasteiger partial charge on any atom is -0.494 e. The van der Waals surface area contributed by atoms with E-state index in [1.165, 1.54) is 5.56 Å². The van der Waals surface area contributed by atoms with Crippen molar-refractivity contribution in [1.82, 2.24) is 10.6 Å². The largest absolute Gasteiger partial charge is 0.494 e. The molecule has 1 aromatic rings. The van der Waals surface area contributed by atoms with Crippen molar-refractivity contribution in [3.05, 3.63) is 23.3 Å². The molecular formula is C22H36IN3O4. The fourth-order valence-electron chi connectivity index (χ4n) is 3.84. The second-order valence-corrected chi connectivity index (χ2v) is 7.68. The Kier molecular flexibility index (Phi) is 9.96. The number of ether oxygens (including phenoxy) is 4. The highest BCUT2D eigenvalue weighted by atomic mass is 127. The molecule has 1 unspecified atom stereocenters. The van der Waals surface area contributed by atoms with Gasteiger partial charge in [-0.25, -0.2) is 4.99 Å². The third kappa shape index (κ3) is 6.37. The topological polar surface area (TPSA) is 73.3 Å². The number of aliphatic imine (C=N–C) groups is 1. The van der Waals surface area contributed by atoms with E-state index in [1.807, 2.05) is 6.92 Å². The maximum absolute atomic E-state index is 5.93. The van der Waals surface area contributed by atoms with Crippen LogP contribution in [0.3, 0.4) is 0 Å². The van der Waals surface area contributed by atoms with Crippen LogP contribution in [0.15, 0.2) is 17.1 Å². The highest BCUT2D eigenvalue weighted by Gasteiger charge is 2.32. The molecule has 3 rings (SSSR count). The predicted molar refractivity (Wildman–Crippen MR) is 129 cm³/mol. The average molecular weight is 533 g/mol. The summed E-state index contributed by atoms with van der Waals surface area (Å²) < 4.78 is 23.1. The lowest BCUT2D eigenvalue weighted by Gasteiger charge is -2.36. The van der Waals surface area contributed by atoms with Crippen LogP contribution in [0.2, 0.25) is 0 Å². The Hall–Kier alpha value is -1.26. The molecule has 0 bridgehead atoms. The van der Waals surface area contributed by atoms with Crippen molar-refractivity contribution in [2.24, 2.45) is 4.99 Å². The number of rotatable bonds is 8. The van der Waals surface area contributed by atoms with Crippen LogP contribution in [0.25, 0.3) is 0 Å². The molecule has 170 valence electrons. The fraction of sp³-hybridized carbons (Fsp3) is 0.682. The van der Waals surface area contributed by atoms with Gasteiger partial charge in [0.1, 0.15) is 17.6 Å². The Morgan fingerprint density at radius 2 is 2.00 bits per heavy atom. The number of nitrogens with one attached hydrogen (secondary N) is 2. The number of benzene rings is 1. The standard InChI is InChI=1S/C22H35N3O4.HI/c1-5-23-21(25-15-22(26-4)7-9-27-10-8-22)24-14-18-13-20-17(11-16(3)29-20)12-19(18)28-6-2;/h12-13,16H,5-11,14-15H2,1-4H3,(H2,23,24,25);1H. The fourth-order valence-corrected chi connectivity index (χ4v) is 3.84. The van der Waals surface area contributed by atoms with Gasteiger partial charge in [0, 0.05) is 63.8 Å². The van der Waals surface area contributed by atoms with Crippen LogP contribution >= 0.6 is 24.0 Å². The van der Waals surface area contributed by atoms with E-state index in [-0.39, 0.29) is 35.7 Å². The number of halogens is 1. The normalized spacial score (nSPS) is 20.0. The molecule has 0 aromatic heterocycles. The van der Waals surface area contributed by atoms with Crippen LogP contribution in [0.4, 0.5) is 0 Å². The summed E-state index contributed by atoms with van der Waals surface area (Å²) in [5, 5.41) is 6.77. The molecule has 30 heavy (non-hydrogen) atoms. The first-order valence-electron chi connectivity index (χ1n) is 10.7. The third-order valence-electron chi connectivity index (χ3n) is 5.55. The van der Waals surface area contributed by atoms with Gasteiger partial charge in [0.05, 0.1) is 18.8 Å². The molecule has 2 aliphatic heterocycles. The predicted octanol–water partition coefficient (Wildman–Crippen LogP) is 3.28. The molecule has 0 spiro atoms. The first-order chi connectivity index (χ1) is 14.1. The van der Waals surface area contributed by atoms with Crippen molar-refractivity contribution in [2.75, 3.05) is 40.0 Å². The Morgan fingerprint density at radius 1 is 1.23 bits per heavy atom. The lowest BCUT2D eigenvalue weighted by molar-refractivity contribution is -0.0855. The second kappa shape index (κ2) is 12.0. The van der Waals surface area contributed by atoms with Crippen molar-refractivity contribution in [2.45, 2.75) is 58.3 Å². The molecule has 2 heterocycles. The number of hydrogen-bond donors (Lipinski definition) is 2. The van der Waals surface area contributed by atoms with Crippen molar-refractivity contribution in [1.29, 1.82) is 0 Å². The summed E-state index contributed by atoms with van der Waals surface area (Å²) in [6.07, 6.45) is 2.89. The monoisotopic (exact) mass is 533 g/mol. The van der Waals surface area contributed by atoms with Crippen molar-refractivity contribution in [3.8, 4) is 11.5 Å². The summed E-state index contributed by atoms with van der Waals surface area (Å²) in [6.45, 7) is 10.2. The number of fused-ring (bicyclic) bond motifs is 1. The summed E-state index contributed by atoms with van der Waals surface area (Å²) in [5.74, 6) is 2.61. The summed E-state index contributed by atoms with van der Waals surface area (Å²) in [4.78, 5) is 4.79. The molecule has 1 saturated heterocycles. The van der Waals surface area contributed by atoms with Crippen LogP contribution in [0.5, 0.6) is 11.5 Å². The first kappa shape index (κ1) is 25.0. The molecule has 0 aliphatic carbocycles. The second-order valence-electron chi connectivity index (χ2n) is 7.68. The van der Waals surface area contributed by atoms with E-state index in [9.17, 15) is 0 Å². The molecule has 2 N–H and O–H groups in total. The molecule has 0 saturated carbocycles. The summed E-state index contributed by atoms with van der Waals surface area (Å²) in [5.41, 5.74) is 2.03. The number of methoxy groups -OCH3 is 1. The zero-order valence-electron chi connectivity index (χ0n) is 18.6. The molecule has 1 atom stereocenters. The van der Waals surface area contributed by atoms with Crippen molar-refractivity contribution in [3.63, 3.8) is 0 Å². The van der Waals surface area contributed by atoms with Crippen LogP contribution in [0.1, 0.15) is 44.7 Å². The van der Waals surface area contributed by atoms with Crippen LogP contribution in [-0.2, 0) is 22.4 Å². The molecular weight excluding hydrogens is 497 g/mol. The quantitative estimate of drug-likeness (QED) is 0.304. The van der Waals surface area contributed by atoms with E-state index in [2.05, 4.69) is 36.6 Å². The molecule has 8 heteroatoms. The summed E-state index contributed by atoms with van der Waals surface area (Å²) in [6, 6.07) is 4.18. The van der Waals surface area contributed by atoms with Gasteiger partial charge in [0.2, 0.25) is 0 Å². The third-order valence-corrected chi connectivity index (χ3v) is 5.55. The van der Waals surface area contributed by atoms with E-state index in [0.29, 0.717) is 19.7 Å². The van der Waals surface area contributed by atoms with Gasteiger partial charge in [-0.3, -0.25) is 0 Å². The van der Waals surface area contributed by atoms with E-state index in [0.717, 1.165) is 62.0 Å². The Bertz CT molecular complexity index is 708. The zero-order valence-corrected chi connectivity index (χ0v) is 20.9. The van der Waals surface area contributed by atoms with Crippen molar-refractivity contribution >= 4 is 29.9 Å². The minimum atomic E-state index is -0.206. The maximum atomic E-state index is 5.93. The van der Waals surface area contributed by atoms with Crippen LogP contribution in [-0.4, -0.2) is 57.7 Å². The lowest BCUT2D eigenvalue weighted by atomic mass is 9.94. The molecule has 2 aliphatic rings. The van der Waals surface area contributed by atoms with Crippen LogP contribution < -0.4 is 20.1 Å². The molecule has 1 fully saturated rings. The van der Waals surface area contributed by atoms with Gasteiger partial charge in [-0.1, -0.05) is 0 Å². The first-order valence-corrected chi connectivity index (χ1v) is 10.7. The van der Waals surface area contributed by atoms with Gasteiger partial charge >= 0.3 is 0 Å². The number of nitrogens with zero attached hydrogens (tertiary/aromatic N) is 1. The zero-order chi connectivity index (χ0) is 20.7. The van der Waals surface area contributed by atoms with Gasteiger partial charge in [-0.05, 0) is 32.9 Å². The molecule has 0 radical (unpaired) electrons. The lowest BCUT2D eigenvalue weighted by Crippen LogP contribution is -2.50. The minimum absolute atomic E-state index is 0. The molecule has 1 aromatic carbocycles.